The third-order valence-corrected chi connectivity index (χ3v) is 1.54. The second kappa shape index (κ2) is 6.94. The van der Waals surface area contributed by atoms with Crippen molar-refractivity contribution in [3.63, 3.8) is 0 Å². The number of hydrogen-bond donors (Lipinski definition) is 3. The summed E-state index contributed by atoms with van der Waals surface area (Å²) in [7, 11) is 0. The van der Waals surface area contributed by atoms with Crippen molar-refractivity contribution in [2.45, 2.75) is 25.8 Å². The van der Waals surface area contributed by atoms with Gasteiger partial charge in [0, 0.05) is 6.54 Å². The van der Waals surface area contributed by atoms with Gasteiger partial charge in [0.15, 0.2) is 0 Å². The number of amides is 2. The van der Waals surface area contributed by atoms with E-state index in [4.69, 9.17) is 5.11 Å². The lowest BCUT2D eigenvalue weighted by atomic mass is 10.2. The second-order valence-electron chi connectivity index (χ2n) is 2.82. The number of hydrogen-bond acceptors (Lipinski definition) is 2. The molecule has 80 valence electrons. The predicted molar refractivity (Wildman–Crippen MR) is 53.1 cm³/mol. The van der Waals surface area contributed by atoms with E-state index in [1.165, 1.54) is 6.08 Å². The molecule has 0 rings (SSSR count). The van der Waals surface area contributed by atoms with Gasteiger partial charge in [-0.25, -0.2) is 9.59 Å². The van der Waals surface area contributed by atoms with Gasteiger partial charge >= 0.3 is 12.0 Å². The average Bonchev–Trinajstić information content (AvgIpc) is 2.14. The first-order valence-electron chi connectivity index (χ1n) is 4.49. The van der Waals surface area contributed by atoms with E-state index in [9.17, 15) is 9.59 Å². The van der Waals surface area contributed by atoms with E-state index < -0.39 is 18.0 Å². The van der Waals surface area contributed by atoms with Crippen LogP contribution in [0.1, 0.15) is 19.8 Å². The van der Waals surface area contributed by atoms with Crippen LogP contribution in [0.25, 0.3) is 0 Å². The summed E-state index contributed by atoms with van der Waals surface area (Å²) < 4.78 is 0. The molecule has 0 aromatic heterocycles. The number of rotatable bonds is 6. The number of aliphatic carboxylic acids is 1. The number of urea groups is 1. The standard InChI is InChI=1S/C9H16N2O3/c1-3-5-7(8(12)13)11-9(14)10-6-4-2/h3,7H,1,4-6H2,2H3,(H,12,13)(H2,10,11,14). The highest BCUT2D eigenvalue weighted by atomic mass is 16.4. The van der Waals surface area contributed by atoms with Gasteiger partial charge < -0.3 is 15.7 Å². The third-order valence-electron chi connectivity index (χ3n) is 1.54. The van der Waals surface area contributed by atoms with Crippen molar-refractivity contribution in [2.75, 3.05) is 6.54 Å². The maximum atomic E-state index is 11.1. The highest BCUT2D eigenvalue weighted by molar-refractivity contribution is 5.82. The Balaban J connectivity index is 3.95. The van der Waals surface area contributed by atoms with Crippen molar-refractivity contribution in [1.29, 1.82) is 0 Å². The lowest BCUT2D eigenvalue weighted by Gasteiger charge is -2.12. The van der Waals surface area contributed by atoms with Gasteiger partial charge in [0.25, 0.3) is 0 Å². The summed E-state index contributed by atoms with van der Waals surface area (Å²) in [5, 5.41) is 13.5. The minimum absolute atomic E-state index is 0.217. The summed E-state index contributed by atoms with van der Waals surface area (Å²) >= 11 is 0. The molecule has 0 radical (unpaired) electrons. The topological polar surface area (TPSA) is 78.4 Å². The largest absolute Gasteiger partial charge is 0.480 e. The van der Waals surface area contributed by atoms with Crippen molar-refractivity contribution in [3.8, 4) is 0 Å². The Bertz CT molecular complexity index is 216. The van der Waals surface area contributed by atoms with Crippen LogP contribution in [0.4, 0.5) is 4.79 Å². The monoisotopic (exact) mass is 200 g/mol. The molecule has 0 aliphatic carbocycles. The summed E-state index contributed by atoms with van der Waals surface area (Å²) in [5.74, 6) is -1.06. The maximum absolute atomic E-state index is 11.1. The first kappa shape index (κ1) is 12.5. The molecule has 1 atom stereocenters. The minimum atomic E-state index is -1.06. The van der Waals surface area contributed by atoms with Crippen LogP contribution in [0.3, 0.4) is 0 Å². The van der Waals surface area contributed by atoms with E-state index in [0.29, 0.717) is 6.54 Å². The Labute approximate surface area is 83.2 Å². The van der Waals surface area contributed by atoms with Crippen LogP contribution in [0.2, 0.25) is 0 Å². The van der Waals surface area contributed by atoms with Crippen LogP contribution >= 0.6 is 0 Å². The summed E-state index contributed by atoms with van der Waals surface area (Å²) in [6.45, 7) is 5.87. The summed E-state index contributed by atoms with van der Waals surface area (Å²) in [6, 6.07) is -1.36. The molecule has 5 nitrogen and oxygen atoms in total. The Morgan fingerprint density at radius 2 is 2.21 bits per heavy atom. The number of carbonyl (C=O) groups is 2. The molecule has 0 fully saturated rings. The van der Waals surface area contributed by atoms with Gasteiger partial charge in [0.2, 0.25) is 0 Å². The van der Waals surface area contributed by atoms with E-state index in [-0.39, 0.29) is 6.42 Å². The second-order valence-corrected chi connectivity index (χ2v) is 2.82. The first-order chi connectivity index (χ1) is 6.61. The van der Waals surface area contributed by atoms with E-state index in [0.717, 1.165) is 6.42 Å². The van der Waals surface area contributed by atoms with Gasteiger partial charge in [-0.1, -0.05) is 13.0 Å². The Hall–Kier alpha value is -1.52. The average molecular weight is 200 g/mol. The van der Waals surface area contributed by atoms with Crippen LogP contribution < -0.4 is 10.6 Å². The molecule has 5 heteroatoms. The van der Waals surface area contributed by atoms with Crippen LogP contribution in [-0.4, -0.2) is 29.7 Å². The highest BCUT2D eigenvalue weighted by Gasteiger charge is 2.17. The molecule has 0 aromatic carbocycles. The van der Waals surface area contributed by atoms with Crippen molar-refractivity contribution in [2.24, 2.45) is 0 Å². The van der Waals surface area contributed by atoms with E-state index in [1.54, 1.807) is 0 Å². The molecule has 0 spiro atoms. The van der Waals surface area contributed by atoms with Crippen LogP contribution in [0.15, 0.2) is 12.7 Å². The van der Waals surface area contributed by atoms with Crippen molar-refractivity contribution >= 4 is 12.0 Å². The quantitative estimate of drug-likeness (QED) is 0.553. The molecule has 3 N–H and O–H groups in total. The zero-order valence-electron chi connectivity index (χ0n) is 8.25. The molecule has 0 saturated heterocycles. The highest BCUT2D eigenvalue weighted by Crippen LogP contribution is 1.92. The molecular formula is C9H16N2O3. The SMILES string of the molecule is C=CCC(NC(=O)NCCC)C(=O)O. The number of carbonyl (C=O) groups excluding carboxylic acids is 1. The van der Waals surface area contributed by atoms with E-state index >= 15 is 0 Å². The Morgan fingerprint density at radius 3 is 2.64 bits per heavy atom. The molecule has 1 unspecified atom stereocenters. The molecule has 2 amide bonds. The molecule has 0 aliphatic rings. The van der Waals surface area contributed by atoms with Gasteiger partial charge in [-0.05, 0) is 12.8 Å². The number of carboxylic acid groups (broad SMARTS) is 1. The minimum Gasteiger partial charge on any atom is -0.480 e. The van der Waals surface area contributed by atoms with Crippen LogP contribution in [-0.2, 0) is 4.79 Å². The van der Waals surface area contributed by atoms with Gasteiger partial charge in [-0.3, -0.25) is 0 Å². The lowest BCUT2D eigenvalue weighted by molar-refractivity contribution is -0.139. The normalized spacial score (nSPS) is 11.5. The summed E-state index contributed by atoms with van der Waals surface area (Å²) in [6.07, 6.45) is 2.49. The molecule has 0 heterocycles. The molecule has 0 aromatic rings. The first-order valence-corrected chi connectivity index (χ1v) is 4.49. The zero-order chi connectivity index (χ0) is 11.0. The Kier molecular flexibility index (Phi) is 6.19. The van der Waals surface area contributed by atoms with Gasteiger partial charge in [-0.2, -0.15) is 0 Å². The van der Waals surface area contributed by atoms with E-state index in [1.807, 2.05) is 6.92 Å². The van der Waals surface area contributed by atoms with Gasteiger partial charge in [0.05, 0.1) is 0 Å². The van der Waals surface area contributed by atoms with Crippen LogP contribution in [0, 0.1) is 0 Å². The molecule has 14 heavy (non-hydrogen) atoms. The fourth-order valence-electron chi connectivity index (χ4n) is 0.836. The lowest BCUT2D eigenvalue weighted by Crippen LogP contribution is -2.45. The van der Waals surface area contributed by atoms with Crippen molar-refractivity contribution in [3.05, 3.63) is 12.7 Å². The molecular weight excluding hydrogens is 184 g/mol. The smallest absolute Gasteiger partial charge is 0.326 e. The Morgan fingerprint density at radius 1 is 1.57 bits per heavy atom. The van der Waals surface area contributed by atoms with Crippen molar-refractivity contribution in [1.82, 2.24) is 10.6 Å². The van der Waals surface area contributed by atoms with Crippen molar-refractivity contribution < 1.29 is 14.7 Å². The fourth-order valence-corrected chi connectivity index (χ4v) is 0.836. The fraction of sp³-hybridized carbons (Fsp3) is 0.556. The zero-order valence-corrected chi connectivity index (χ0v) is 8.25. The summed E-state index contributed by atoms with van der Waals surface area (Å²) in [4.78, 5) is 21.7. The third kappa shape index (κ3) is 5.18. The molecule has 0 aliphatic heterocycles. The molecule has 0 saturated carbocycles. The van der Waals surface area contributed by atoms with Gasteiger partial charge in [0.1, 0.15) is 6.04 Å². The van der Waals surface area contributed by atoms with E-state index in [2.05, 4.69) is 17.2 Å². The van der Waals surface area contributed by atoms with Crippen LogP contribution in [0.5, 0.6) is 0 Å². The number of carboxylic acids is 1. The number of nitrogens with one attached hydrogen (secondary N) is 2. The molecule has 0 bridgehead atoms. The predicted octanol–water partition coefficient (Wildman–Crippen LogP) is 0.725. The summed E-state index contributed by atoms with van der Waals surface area (Å²) in [5.41, 5.74) is 0. The maximum Gasteiger partial charge on any atom is 0.326 e. The van der Waals surface area contributed by atoms with Gasteiger partial charge in [-0.15, -0.1) is 6.58 Å².